The van der Waals surface area contributed by atoms with Gasteiger partial charge < -0.3 is 0 Å². The molecule has 0 atom stereocenters. The third-order valence-corrected chi connectivity index (χ3v) is 2.73. The molecule has 0 bridgehead atoms. The Bertz CT molecular complexity index is 750. The number of non-ortho nitro benzene ring substituents is 1. The third-order valence-electron chi connectivity index (χ3n) is 2.73. The van der Waals surface area contributed by atoms with Gasteiger partial charge in [-0.2, -0.15) is 5.26 Å². The van der Waals surface area contributed by atoms with Gasteiger partial charge in [0, 0.05) is 11.6 Å². The quantitative estimate of drug-likeness (QED) is 0.628. The Balaban J connectivity index is 2.72. The Kier molecular flexibility index (Phi) is 3.39. The second kappa shape index (κ2) is 5.16. The standard InChI is InChI=1S/C13H7N3O4/c14-8-9-3-1-2-4-11(9)12-6-5-10(15(17)18)7-13(12)16(19)20/h1-7H. The molecule has 0 aromatic heterocycles. The maximum absolute atomic E-state index is 11.1. The number of nitro groups is 2. The highest BCUT2D eigenvalue weighted by molar-refractivity contribution is 5.79. The predicted octanol–water partition coefficient (Wildman–Crippen LogP) is 3.04. The topological polar surface area (TPSA) is 110 Å². The number of hydrogen-bond acceptors (Lipinski definition) is 5. The molecular formula is C13H7N3O4. The van der Waals surface area contributed by atoms with Crippen LogP contribution in [-0.2, 0) is 0 Å². The second-order valence-corrected chi connectivity index (χ2v) is 3.87. The van der Waals surface area contributed by atoms with Gasteiger partial charge in [0.15, 0.2) is 0 Å². The molecule has 0 N–H and O–H groups in total. The van der Waals surface area contributed by atoms with Crippen molar-refractivity contribution < 1.29 is 9.85 Å². The molecule has 0 heterocycles. The van der Waals surface area contributed by atoms with Crippen molar-refractivity contribution in [2.24, 2.45) is 0 Å². The van der Waals surface area contributed by atoms with Gasteiger partial charge in [0.1, 0.15) is 0 Å². The van der Waals surface area contributed by atoms with E-state index in [1.165, 1.54) is 18.2 Å². The minimum atomic E-state index is -0.701. The molecule has 0 unspecified atom stereocenters. The molecule has 2 aromatic rings. The van der Waals surface area contributed by atoms with Crippen LogP contribution in [0.2, 0.25) is 0 Å². The number of rotatable bonds is 3. The predicted molar refractivity (Wildman–Crippen MR) is 69.9 cm³/mol. The van der Waals surface area contributed by atoms with E-state index in [2.05, 4.69) is 0 Å². The maximum atomic E-state index is 11.1. The first-order valence-corrected chi connectivity index (χ1v) is 5.47. The first kappa shape index (κ1) is 13.2. The van der Waals surface area contributed by atoms with E-state index in [-0.39, 0.29) is 16.8 Å². The minimum Gasteiger partial charge on any atom is -0.258 e. The van der Waals surface area contributed by atoms with Crippen LogP contribution in [-0.4, -0.2) is 9.85 Å². The van der Waals surface area contributed by atoms with Crippen molar-refractivity contribution in [2.75, 3.05) is 0 Å². The van der Waals surface area contributed by atoms with Gasteiger partial charge in [-0.3, -0.25) is 20.2 Å². The molecule has 0 fully saturated rings. The van der Waals surface area contributed by atoms with E-state index in [1.807, 2.05) is 6.07 Å². The molecule has 0 amide bonds. The van der Waals surface area contributed by atoms with Crippen LogP contribution in [0.3, 0.4) is 0 Å². The first-order valence-electron chi connectivity index (χ1n) is 5.47. The number of nitrogens with zero attached hydrogens (tertiary/aromatic N) is 3. The molecule has 0 saturated heterocycles. The van der Waals surface area contributed by atoms with Crippen molar-refractivity contribution in [1.29, 1.82) is 5.26 Å². The van der Waals surface area contributed by atoms with Crippen molar-refractivity contribution in [1.82, 2.24) is 0 Å². The lowest BCUT2D eigenvalue weighted by molar-refractivity contribution is -0.393. The average molecular weight is 269 g/mol. The van der Waals surface area contributed by atoms with Crippen molar-refractivity contribution in [3.8, 4) is 17.2 Å². The lowest BCUT2D eigenvalue weighted by atomic mass is 9.98. The lowest BCUT2D eigenvalue weighted by Crippen LogP contribution is -1.96. The Hall–Kier alpha value is -3.27. The van der Waals surface area contributed by atoms with Gasteiger partial charge in [0.25, 0.3) is 11.4 Å². The summed E-state index contributed by atoms with van der Waals surface area (Å²) in [7, 11) is 0. The third kappa shape index (κ3) is 2.30. The summed E-state index contributed by atoms with van der Waals surface area (Å²) in [5.41, 5.74) is 0.0515. The molecule has 7 heteroatoms. The van der Waals surface area contributed by atoms with Crippen LogP contribution in [0, 0.1) is 31.6 Å². The van der Waals surface area contributed by atoms with Crippen molar-refractivity contribution in [3.63, 3.8) is 0 Å². The molecule has 0 aliphatic heterocycles. The molecule has 0 saturated carbocycles. The van der Waals surface area contributed by atoms with Gasteiger partial charge in [-0.05, 0) is 12.1 Å². The molecule has 2 aromatic carbocycles. The molecule has 0 radical (unpaired) electrons. The normalized spacial score (nSPS) is 9.75. The number of benzene rings is 2. The molecule has 2 rings (SSSR count). The van der Waals surface area contributed by atoms with Crippen LogP contribution in [0.15, 0.2) is 42.5 Å². The van der Waals surface area contributed by atoms with Gasteiger partial charge in [-0.1, -0.05) is 18.2 Å². The zero-order valence-corrected chi connectivity index (χ0v) is 10.0. The number of hydrogen-bond donors (Lipinski definition) is 0. The number of nitriles is 1. The summed E-state index contributed by atoms with van der Waals surface area (Å²) in [4.78, 5) is 20.3. The van der Waals surface area contributed by atoms with E-state index < -0.39 is 15.5 Å². The Morgan fingerprint density at radius 2 is 1.65 bits per heavy atom. The Morgan fingerprint density at radius 3 is 2.25 bits per heavy atom. The van der Waals surface area contributed by atoms with E-state index in [9.17, 15) is 20.2 Å². The zero-order chi connectivity index (χ0) is 14.7. The maximum Gasteiger partial charge on any atom is 0.284 e. The zero-order valence-electron chi connectivity index (χ0n) is 10.0. The summed E-state index contributed by atoms with van der Waals surface area (Å²) in [6, 6.07) is 11.7. The molecule has 0 aliphatic rings. The summed E-state index contributed by atoms with van der Waals surface area (Å²) in [6.07, 6.45) is 0. The molecular weight excluding hydrogens is 262 g/mol. The van der Waals surface area contributed by atoms with Crippen LogP contribution in [0.25, 0.3) is 11.1 Å². The molecule has 0 aliphatic carbocycles. The fourth-order valence-corrected chi connectivity index (χ4v) is 1.83. The second-order valence-electron chi connectivity index (χ2n) is 3.87. The molecule has 98 valence electrons. The highest BCUT2D eigenvalue weighted by atomic mass is 16.6. The highest BCUT2D eigenvalue weighted by Crippen LogP contribution is 2.34. The summed E-state index contributed by atoms with van der Waals surface area (Å²) >= 11 is 0. The van der Waals surface area contributed by atoms with Crippen LogP contribution >= 0.6 is 0 Å². The Morgan fingerprint density at radius 1 is 0.950 bits per heavy atom. The summed E-state index contributed by atoms with van der Waals surface area (Å²) in [6.45, 7) is 0. The van der Waals surface area contributed by atoms with Gasteiger partial charge in [0.05, 0.1) is 33.1 Å². The fraction of sp³-hybridized carbons (Fsp3) is 0. The molecule has 0 spiro atoms. The van der Waals surface area contributed by atoms with Gasteiger partial charge in [-0.15, -0.1) is 0 Å². The van der Waals surface area contributed by atoms with Gasteiger partial charge in [0.2, 0.25) is 0 Å². The SMILES string of the molecule is N#Cc1ccccc1-c1ccc([N+](=O)[O-])cc1[N+](=O)[O-]. The van der Waals surface area contributed by atoms with Crippen LogP contribution in [0.4, 0.5) is 11.4 Å². The highest BCUT2D eigenvalue weighted by Gasteiger charge is 2.21. The van der Waals surface area contributed by atoms with Crippen LogP contribution in [0.5, 0.6) is 0 Å². The smallest absolute Gasteiger partial charge is 0.258 e. The summed E-state index contributed by atoms with van der Waals surface area (Å²) in [5, 5.41) is 30.8. The molecule has 7 nitrogen and oxygen atoms in total. The van der Waals surface area contributed by atoms with Gasteiger partial charge in [-0.25, -0.2) is 0 Å². The van der Waals surface area contributed by atoms with Crippen molar-refractivity contribution in [2.45, 2.75) is 0 Å². The van der Waals surface area contributed by atoms with E-state index in [1.54, 1.807) is 18.2 Å². The molecule has 20 heavy (non-hydrogen) atoms. The van der Waals surface area contributed by atoms with Crippen molar-refractivity contribution >= 4 is 11.4 Å². The summed E-state index contributed by atoms with van der Waals surface area (Å²) in [5.74, 6) is 0. The first-order chi connectivity index (χ1) is 9.54. The number of nitro benzene ring substituents is 2. The van der Waals surface area contributed by atoms with Crippen LogP contribution in [0.1, 0.15) is 5.56 Å². The van der Waals surface area contributed by atoms with E-state index in [0.717, 1.165) is 6.07 Å². The summed E-state index contributed by atoms with van der Waals surface area (Å²) < 4.78 is 0. The van der Waals surface area contributed by atoms with Gasteiger partial charge >= 0.3 is 0 Å². The Labute approximate surface area is 113 Å². The fourth-order valence-electron chi connectivity index (χ4n) is 1.83. The average Bonchev–Trinajstić information content (AvgIpc) is 2.46. The van der Waals surface area contributed by atoms with Crippen molar-refractivity contribution in [3.05, 3.63) is 68.3 Å². The van der Waals surface area contributed by atoms with E-state index >= 15 is 0 Å². The lowest BCUT2D eigenvalue weighted by Gasteiger charge is -2.05. The largest absolute Gasteiger partial charge is 0.284 e. The van der Waals surface area contributed by atoms with E-state index in [4.69, 9.17) is 5.26 Å². The monoisotopic (exact) mass is 269 g/mol. The van der Waals surface area contributed by atoms with E-state index in [0.29, 0.717) is 5.56 Å². The minimum absolute atomic E-state index is 0.178. The van der Waals surface area contributed by atoms with Crippen LogP contribution < -0.4 is 0 Å².